The van der Waals surface area contributed by atoms with Crippen LogP contribution in [0.1, 0.15) is 18.4 Å². The van der Waals surface area contributed by atoms with Crippen LogP contribution in [0.2, 0.25) is 0 Å². The number of hydrogen-bond donors (Lipinski definition) is 2. The van der Waals surface area contributed by atoms with E-state index >= 15 is 0 Å². The number of rotatable bonds is 3. The smallest absolute Gasteiger partial charge is 0.188 e. The van der Waals surface area contributed by atoms with Gasteiger partial charge < -0.3 is 11.1 Å². The maximum Gasteiger partial charge on any atom is 0.188 e. The van der Waals surface area contributed by atoms with E-state index in [0.29, 0.717) is 12.0 Å². The van der Waals surface area contributed by atoms with Gasteiger partial charge in [-0.1, -0.05) is 30.3 Å². The van der Waals surface area contributed by atoms with E-state index in [1.54, 1.807) is 7.05 Å². The first-order chi connectivity index (χ1) is 8.78. The fourth-order valence-electron chi connectivity index (χ4n) is 2.35. The monoisotopic (exact) mass is 374 g/mol. The van der Waals surface area contributed by atoms with E-state index in [2.05, 4.69) is 45.5 Å². The van der Waals surface area contributed by atoms with Crippen LogP contribution in [-0.4, -0.2) is 37.0 Å². The van der Waals surface area contributed by atoms with Gasteiger partial charge in [-0.3, -0.25) is 9.89 Å². The molecule has 0 aromatic heterocycles. The number of nitrogens with one attached hydrogen (secondary N) is 1. The second-order valence-electron chi connectivity index (χ2n) is 4.79. The SMILES string of the molecule is CN=C(N)NC1CCN(Cc2ccccc2)CC1.I. The minimum absolute atomic E-state index is 0. The molecule has 0 bridgehead atoms. The van der Waals surface area contributed by atoms with Gasteiger partial charge in [0.25, 0.3) is 0 Å². The summed E-state index contributed by atoms with van der Waals surface area (Å²) in [5.74, 6) is 0.552. The molecule has 1 saturated heterocycles. The van der Waals surface area contributed by atoms with E-state index in [0.717, 1.165) is 32.5 Å². The normalized spacial score (nSPS) is 17.8. The molecular weight excluding hydrogens is 351 g/mol. The van der Waals surface area contributed by atoms with Crippen LogP contribution in [0.5, 0.6) is 0 Å². The van der Waals surface area contributed by atoms with Crippen LogP contribution in [0.3, 0.4) is 0 Å². The highest BCUT2D eigenvalue weighted by Crippen LogP contribution is 2.13. The fourth-order valence-corrected chi connectivity index (χ4v) is 2.35. The minimum atomic E-state index is 0. The predicted molar refractivity (Wildman–Crippen MR) is 90.8 cm³/mol. The summed E-state index contributed by atoms with van der Waals surface area (Å²) in [6.07, 6.45) is 2.26. The standard InChI is InChI=1S/C14H22N4.HI/c1-16-14(15)17-13-7-9-18(10-8-13)11-12-5-3-2-4-6-12;/h2-6,13H,7-11H2,1H3,(H3,15,16,17);1H. The molecule has 19 heavy (non-hydrogen) atoms. The van der Waals surface area contributed by atoms with Gasteiger partial charge in [-0.15, -0.1) is 24.0 Å². The van der Waals surface area contributed by atoms with Gasteiger partial charge in [0, 0.05) is 32.7 Å². The van der Waals surface area contributed by atoms with E-state index in [1.807, 2.05) is 0 Å². The number of piperidine rings is 1. The highest BCUT2D eigenvalue weighted by molar-refractivity contribution is 14.0. The summed E-state index contributed by atoms with van der Waals surface area (Å²) in [6.45, 7) is 3.28. The zero-order valence-electron chi connectivity index (χ0n) is 11.4. The Balaban J connectivity index is 0.00000180. The van der Waals surface area contributed by atoms with Crippen LogP contribution < -0.4 is 11.1 Å². The zero-order valence-corrected chi connectivity index (χ0v) is 13.7. The molecule has 0 amide bonds. The Labute approximate surface area is 132 Å². The molecule has 0 aliphatic carbocycles. The van der Waals surface area contributed by atoms with Crippen molar-refractivity contribution >= 4 is 29.9 Å². The second-order valence-corrected chi connectivity index (χ2v) is 4.79. The maximum atomic E-state index is 5.69. The van der Waals surface area contributed by atoms with Crippen LogP contribution in [0.4, 0.5) is 0 Å². The van der Waals surface area contributed by atoms with Gasteiger partial charge in [0.15, 0.2) is 5.96 Å². The molecule has 0 spiro atoms. The van der Waals surface area contributed by atoms with Crippen LogP contribution in [0, 0.1) is 0 Å². The first-order valence-corrected chi connectivity index (χ1v) is 6.53. The maximum absolute atomic E-state index is 5.69. The third-order valence-electron chi connectivity index (χ3n) is 3.43. The lowest BCUT2D eigenvalue weighted by Gasteiger charge is -2.32. The molecule has 3 N–H and O–H groups in total. The van der Waals surface area contributed by atoms with E-state index in [9.17, 15) is 0 Å². The number of aliphatic imine (C=N–C) groups is 1. The molecule has 0 atom stereocenters. The number of likely N-dealkylation sites (tertiary alicyclic amines) is 1. The van der Waals surface area contributed by atoms with Gasteiger partial charge in [-0.2, -0.15) is 0 Å². The lowest BCUT2D eigenvalue weighted by molar-refractivity contribution is 0.199. The summed E-state index contributed by atoms with van der Waals surface area (Å²) in [5, 5.41) is 3.25. The Bertz CT molecular complexity index is 386. The number of hydrogen-bond acceptors (Lipinski definition) is 2. The van der Waals surface area contributed by atoms with Crippen LogP contribution in [0.25, 0.3) is 0 Å². The van der Waals surface area contributed by atoms with Crippen molar-refractivity contribution in [2.45, 2.75) is 25.4 Å². The van der Waals surface area contributed by atoms with Gasteiger partial charge >= 0.3 is 0 Å². The van der Waals surface area contributed by atoms with Crippen molar-refractivity contribution in [3.05, 3.63) is 35.9 Å². The first kappa shape index (κ1) is 16.2. The molecule has 2 rings (SSSR count). The number of benzene rings is 1. The van der Waals surface area contributed by atoms with E-state index in [4.69, 9.17) is 5.73 Å². The van der Waals surface area contributed by atoms with E-state index < -0.39 is 0 Å². The molecule has 0 radical (unpaired) electrons. The Morgan fingerprint density at radius 3 is 2.53 bits per heavy atom. The van der Waals surface area contributed by atoms with E-state index in [-0.39, 0.29) is 24.0 Å². The van der Waals surface area contributed by atoms with Gasteiger partial charge in [0.2, 0.25) is 0 Å². The van der Waals surface area contributed by atoms with Crippen molar-refractivity contribution in [3.8, 4) is 0 Å². The highest BCUT2D eigenvalue weighted by atomic mass is 127. The zero-order chi connectivity index (χ0) is 12.8. The summed E-state index contributed by atoms with van der Waals surface area (Å²) < 4.78 is 0. The lowest BCUT2D eigenvalue weighted by atomic mass is 10.0. The largest absolute Gasteiger partial charge is 0.370 e. The minimum Gasteiger partial charge on any atom is -0.370 e. The van der Waals surface area contributed by atoms with Gasteiger partial charge in [-0.25, -0.2) is 0 Å². The molecule has 1 fully saturated rings. The summed E-state index contributed by atoms with van der Waals surface area (Å²) in [5.41, 5.74) is 7.07. The molecule has 1 aromatic carbocycles. The molecule has 1 aliphatic heterocycles. The molecule has 1 aromatic rings. The molecule has 5 heteroatoms. The lowest BCUT2D eigenvalue weighted by Crippen LogP contribution is -2.46. The molecule has 4 nitrogen and oxygen atoms in total. The molecule has 106 valence electrons. The molecular formula is C14H23IN4. The van der Waals surface area contributed by atoms with Crippen LogP contribution in [0.15, 0.2) is 35.3 Å². The summed E-state index contributed by atoms with van der Waals surface area (Å²) in [7, 11) is 1.72. The van der Waals surface area contributed by atoms with Crippen LogP contribution in [-0.2, 0) is 6.54 Å². The molecule has 0 unspecified atom stereocenters. The quantitative estimate of drug-likeness (QED) is 0.482. The Morgan fingerprint density at radius 1 is 1.32 bits per heavy atom. The van der Waals surface area contributed by atoms with E-state index in [1.165, 1.54) is 5.56 Å². The van der Waals surface area contributed by atoms with Crippen molar-refractivity contribution in [3.63, 3.8) is 0 Å². The highest BCUT2D eigenvalue weighted by Gasteiger charge is 2.19. The van der Waals surface area contributed by atoms with Gasteiger partial charge in [0.1, 0.15) is 0 Å². The molecule has 1 aliphatic rings. The Kier molecular flexibility index (Phi) is 7.15. The van der Waals surface area contributed by atoms with Crippen molar-refractivity contribution in [2.24, 2.45) is 10.7 Å². The van der Waals surface area contributed by atoms with Gasteiger partial charge in [-0.05, 0) is 18.4 Å². The van der Waals surface area contributed by atoms with Crippen molar-refractivity contribution in [2.75, 3.05) is 20.1 Å². The summed E-state index contributed by atoms with van der Waals surface area (Å²) in [4.78, 5) is 6.43. The van der Waals surface area contributed by atoms with Crippen molar-refractivity contribution in [1.82, 2.24) is 10.2 Å². The average molecular weight is 374 g/mol. The van der Waals surface area contributed by atoms with Crippen molar-refractivity contribution in [1.29, 1.82) is 0 Å². The van der Waals surface area contributed by atoms with Gasteiger partial charge in [0.05, 0.1) is 0 Å². The third kappa shape index (κ3) is 5.36. The Hall–Kier alpha value is -0.820. The average Bonchev–Trinajstić information content (AvgIpc) is 2.42. The van der Waals surface area contributed by atoms with Crippen molar-refractivity contribution < 1.29 is 0 Å². The molecule has 0 saturated carbocycles. The molecule has 1 heterocycles. The number of halogens is 1. The van der Waals surface area contributed by atoms with Crippen LogP contribution >= 0.6 is 24.0 Å². The number of guanidine groups is 1. The summed E-state index contributed by atoms with van der Waals surface area (Å²) >= 11 is 0. The number of nitrogens with zero attached hydrogens (tertiary/aromatic N) is 2. The topological polar surface area (TPSA) is 53.6 Å². The fraction of sp³-hybridized carbons (Fsp3) is 0.500. The Morgan fingerprint density at radius 2 is 1.95 bits per heavy atom. The second kappa shape index (κ2) is 8.37. The summed E-state index contributed by atoms with van der Waals surface area (Å²) in [6, 6.07) is 11.1. The number of nitrogens with two attached hydrogens (primary N) is 1. The predicted octanol–water partition coefficient (Wildman–Crippen LogP) is 1.80. The first-order valence-electron chi connectivity index (χ1n) is 6.53. The third-order valence-corrected chi connectivity index (χ3v) is 3.43.